The molecule has 1 heterocycles. The standard InChI is InChI=1S/C9H11N3O3/c13-8-3-6(4-8)11-9-2-1-7(5-10-9)12(14)15/h1-2,5-6,8,13H,3-4H2,(H,10,11)/t6-,8-. The van der Waals surface area contributed by atoms with Gasteiger partial charge in [0.15, 0.2) is 0 Å². The van der Waals surface area contributed by atoms with E-state index in [1.807, 2.05) is 0 Å². The maximum absolute atomic E-state index is 10.4. The fourth-order valence-electron chi connectivity index (χ4n) is 1.49. The van der Waals surface area contributed by atoms with Gasteiger partial charge in [0.25, 0.3) is 5.69 Å². The molecule has 80 valence electrons. The highest BCUT2D eigenvalue weighted by Crippen LogP contribution is 2.23. The van der Waals surface area contributed by atoms with Crippen molar-refractivity contribution < 1.29 is 10.0 Å². The average Bonchev–Trinajstić information content (AvgIpc) is 2.16. The number of hydrogen-bond acceptors (Lipinski definition) is 5. The molecule has 0 spiro atoms. The number of nitro groups is 1. The van der Waals surface area contributed by atoms with E-state index in [-0.39, 0.29) is 17.8 Å². The molecule has 6 nitrogen and oxygen atoms in total. The van der Waals surface area contributed by atoms with Crippen LogP contribution in [0.3, 0.4) is 0 Å². The predicted molar refractivity (Wildman–Crippen MR) is 53.5 cm³/mol. The second kappa shape index (κ2) is 3.82. The monoisotopic (exact) mass is 209 g/mol. The van der Waals surface area contributed by atoms with Crippen molar-refractivity contribution in [2.45, 2.75) is 25.0 Å². The number of anilines is 1. The first kappa shape index (κ1) is 9.85. The van der Waals surface area contributed by atoms with E-state index in [0.717, 1.165) is 0 Å². The third kappa shape index (κ3) is 2.21. The van der Waals surface area contributed by atoms with Gasteiger partial charge in [-0.3, -0.25) is 10.1 Å². The average molecular weight is 209 g/mol. The molecule has 0 bridgehead atoms. The van der Waals surface area contributed by atoms with E-state index >= 15 is 0 Å². The molecular formula is C9H11N3O3. The van der Waals surface area contributed by atoms with E-state index in [0.29, 0.717) is 18.7 Å². The number of nitrogens with one attached hydrogen (secondary N) is 1. The molecule has 0 radical (unpaired) electrons. The molecule has 1 saturated carbocycles. The zero-order valence-corrected chi connectivity index (χ0v) is 7.96. The Morgan fingerprint density at radius 3 is 2.73 bits per heavy atom. The van der Waals surface area contributed by atoms with Crippen LogP contribution in [0.25, 0.3) is 0 Å². The van der Waals surface area contributed by atoms with Gasteiger partial charge >= 0.3 is 0 Å². The molecule has 0 unspecified atom stereocenters. The molecule has 0 amide bonds. The molecule has 1 aromatic rings. The Labute approximate surface area is 86.1 Å². The molecular weight excluding hydrogens is 198 g/mol. The molecule has 2 rings (SSSR count). The number of rotatable bonds is 3. The smallest absolute Gasteiger partial charge is 0.287 e. The summed E-state index contributed by atoms with van der Waals surface area (Å²) in [6.45, 7) is 0. The summed E-state index contributed by atoms with van der Waals surface area (Å²) in [5, 5.41) is 22.5. The van der Waals surface area contributed by atoms with Crippen molar-refractivity contribution in [3.05, 3.63) is 28.4 Å². The van der Waals surface area contributed by atoms with Gasteiger partial charge in [0.05, 0.1) is 11.0 Å². The normalized spacial score (nSPS) is 24.3. The highest BCUT2D eigenvalue weighted by Gasteiger charge is 2.27. The molecule has 1 fully saturated rings. The van der Waals surface area contributed by atoms with E-state index in [1.165, 1.54) is 12.3 Å². The van der Waals surface area contributed by atoms with Gasteiger partial charge in [-0.25, -0.2) is 4.98 Å². The van der Waals surface area contributed by atoms with Crippen LogP contribution in [0.5, 0.6) is 0 Å². The maximum Gasteiger partial charge on any atom is 0.287 e. The molecule has 1 aromatic heterocycles. The zero-order valence-electron chi connectivity index (χ0n) is 7.96. The Bertz CT molecular complexity index is 359. The second-order valence-corrected chi connectivity index (χ2v) is 3.63. The van der Waals surface area contributed by atoms with E-state index < -0.39 is 4.92 Å². The van der Waals surface area contributed by atoms with Crippen molar-refractivity contribution in [1.82, 2.24) is 4.98 Å². The van der Waals surface area contributed by atoms with Gasteiger partial charge in [-0.2, -0.15) is 0 Å². The van der Waals surface area contributed by atoms with Crippen LogP contribution in [0.15, 0.2) is 18.3 Å². The summed E-state index contributed by atoms with van der Waals surface area (Å²) in [6.07, 6.45) is 2.41. The van der Waals surface area contributed by atoms with Crippen LogP contribution in [0.1, 0.15) is 12.8 Å². The van der Waals surface area contributed by atoms with Crippen LogP contribution < -0.4 is 5.32 Å². The van der Waals surface area contributed by atoms with Gasteiger partial charge in [0.2, 0.25) is 0 Å². The van der Waals surface area contributed by atoms with Crippen LogP contribution in [0.2, 0.25) is 0 Å². The first-order valence-electron chi connectivity index (χ1n) is 4.70. The van der Waals surface area contributed by atoms with Crippen LogP contribution >= 0.6 is 0 Å². The summed E-state index contributed by atoms with van der Waals surface area (Å²) in [5.74, 6) is 0.609. The van der Waals surface area contributed by atoms with E-state index in [2.05, 4.69) is 10.3 Å². The summed E-state index contributed by atoms with van der Waals surface area (Å²) in [7, 11) is 0. The number of aliphatic hydroxyl groups is 1. The molecule has 1 aliphatic carbocycles. The molecule has 2 N–H and O–H groups in total. The van der Waals surface area contributed by atoms with E-state index in [1.54, 1.807) is 6.07 Å². The summed E-state index contributed by atoms with van der Waals surface area (Å²) in [5.41, 5.74) is -0.0193. The van der Waals surface area contributed by atoms with Crippen LogP contribution in [-0.4, -0.2) is 27.2 Å². The third-order valence-electron chi connectivity index (χ3n) is 2.42. The van der Waals surface area contributed by atoms with Crippen LogP contribution in [-0.2, 0) is 0 Å². The lowest BCUT2D eigenvalue weighted by molar-refractivity contribution is -0.385. The minimum atomic E-state index is -0.482. The lowest BCUT2D eigenvalue weighted by atomic mass is 9.89. The number of hydrogen-bond donors (Lipinski definition) is 2. The number of aromatic nitrogens is 1. The van der Waals surface area contributed by atoms with E-state index in [4.69, 9.17) is 5.11 Å². The molecule has 6 heteroatoms. The number of pyridine rings is 1. The topological polar surface area (TPSA) is 88.3 Å². The molecule has 0 saturated heterocycles. The van der Waals surface area contributed by atoms with Gasteiger partial charge < -0.3 is 10.4 Å². The van der Waals surface area contributed by atoms with Gasteiger partial charge in [0.1, 0.15) is 12.0 Å². The van der Waals surface area contributed by atoms with Crippen molar-refractivity contribution in [3.8, 4) is 0 Å². The Morgan fingerprint density at radius 1 is 1.53 bits per heavy atom. The first-order valence-corrected chi connectivity index (χ1v) is 4.70. The maximum atomic E-state index is 10.4. The highest BCUT2D eigenvalue weighted by molar-refractivity contribution is 5.41. The van der Waals surface area contributed by atoms with Gasteiger partial charge in [-0.1, -0.05) is 0 Å². The van der Waals surface area contributed by atoms with Gasteiger partial charge in [-0.05, 0) is 18.9 Å². The Morgan fingerprint density at radius 2 is 2.27 bits per heavy atom. The Kier molecular flexibility index (Phi) is 2.51. The molecule has 1 aliphatic rings. The first-order chi connectivity index (χ1) is 7.15. The lowest BCUT2D eigenvalue weighted by Gasteiger charge is -2.32. The van der Waals surface area contributed by atoms with Crippen molar-refractivity contribution in [2.75, 3.05) is 5.32 Å². The molecule has 15 heavy (non-hydrogen) atoms. The van der Waals surface area contributed by atoms with E-state index in [9.17, 15) is 10.1 Å². The number of nitrogens with zero attached hydrogens (tertiary/aromatic N) is 2. The van der Waals surface area contributed by atoms with Crippen LogP contribution in [0, 0.1) is 10.1 Å². The third-order valence-corrected chi connectivity index (χ3v) is 2.42. The predicted octanol–water partition coefficient (Wildman–Crippen LogP) is 0.925. The minimum absolute atomic E-state index is 0.0193. The SMILES string of the molecule is O=[N+]([O-])c1ccc(N[C@H]2C[C@H](O)C2)nc1. The largest absolute Gasteiger partial charge is 0.393 e. The highest BCUT2D eigenvalue weighted by atomic mass is 16.6. The summed E-state index contributed by atoms with van der Waals surface area (Å²) < 4.78 is 0. The Hall–Kier alpha value is -1.69. The molecule has 0 aliphatic heterocycles. The minimum Gasteiger partial charge on any atom is -0.393 e. The quantitative estimate of drug-likeness (QED) is 0.571. The van der Waals surface area contributed by atoms with Crippen molar-refractivity contribution in [2.24, 2.45) is 0 Å². The fourth-order valence-corrected chi connectivity index (χ4v) is 1.49. The van der Waals surface area contributed by atoms with Crippen molar-refractivity contribution >= 4 is 11.5 Å². The summed E-state index contributed by atoms with van der Waals surface area (Å²) in [6, 6.07) is 3.21. The lowest BCUT2D eigenvalue weighted by Crippen LogP contribution is -2.39. The van der Waals surface area contributed by atoms with Crippen molar-refractivity contribution in [1.29, 1.82) is 0 Å². The van der Waals surface area contributed by atoms with Crippen LogP contribution in [0.4, 0.5) is 11.5 Å². The summed E-state index contributed by atoms with van der Waals surface area (Å²) in [4.78, 5) is 13.8. The fraction of sp³-hybridized carbons (Fsp3) is 0.444. The second-order valence-electron chi connectivity index (χ2n) is 3.63. The molecule has 0 aromatic carbocycles. The van der Waals surface area contributed by atoms with Gasteiger partial charge in [0, 0.05) is 12.1 Å². The van der Waals surface area contributed by atoms with Gasteiger partial charge in [-0.15, -0.1) is 0 Å². The number of aliphatic hydroxyl groups excluding tert-OH is 1. The zero-order chi connectivity index (χ0) is 10.8. The summed E-state index contributed by atoms with van der Waals surface area (Å²) >= 11 is 0. The molecule has 0 atom stereocenters. The Balaban J connectivity index is 1.95. The van der Waals surface area contributed by atoms with Crippen molar-refractivity contribution in [3.63, 3.8) is 0 Å².